The van der Waals surface area contributed by atoms with E-state index in [0.29, 0.717) is 27.4 Å². The fraction of sp³-hybridized carbons (Fsp3) is 0.0833. The SMILES string of the molecule is O=C1/C(=C/c2cccc(OCc3ccc(Cl)cc3)c2)SC(=S)N1Cc1ccccc1. The molecule has 1 heterocycles. The first-order valence-corrected chi connectivity index (χ1v) is 11.0. The molecule has 1 saturated heterocycles. The Morgan fingerprint density at radius 3 is 2.50 bits per heavy atom. The van der Waals surface area contributed by atoms with E-state index in [1.54, 1.807) is 4.90 Å². The third-order valence-electron chi connectivity index (χ3n) is 4.53. The molecule has 6 heteroatoms. The van der Waals surface area contributed by atoms with Gasteiger partial charge in [0.2, 0.25) is 0 Å². The number of thioether (sulfide) groups is 1. The van der Waals surface area contributed by atoms with Crippen molar-refractivity contribution in [3.63, 3.8) is 0 Å². The van der Waals surface area contributed by atoms with Crippen molar-refractivity contribution in [1.29, 1.82) is 0 Å². The fourth-order valence-electron chi connectivity index (χ4n) is 3.00. The second-order valence-corrected chi connectivity index (χ2v) is 8.85. The molecule has 0 spiro atoms. The number of carbonyl (C=O) groups is 1. The molecule has 1 aliphatic heterocycles. The highest BCUT2D eigenvalue weighted by molar-refractivity contribution is 8.26. The van der Waals surface area contributed by atoms with Crippen LogP contribution in [0.25, 0.3) is 6.08 Å². The van der Waals surface area contributed by atoms with Crippen LogP contribution in [0.2, 0.25) is 5.02 Å². The molecule has 0 aliphatic carbocycles. The summed E-state index contributed by atoms with van der Waals surface area (Å²) >= 11 is 12.7. The lowest BCUT2D eigenvalue weighted by Crippen LogP contribution is -2.27. The first kappa shape index (κ1) is 20.7. The molecule has 0 bridgehead atoms. The molecule has 3 nitrogen and oxygen atoms in total. The monoisotopic (exact) mass is 451 g/mol. The minimum atomic E-state index is -0.0682. The molecule has 1 amide bonds. The Kier molecular flexibility index (Phi) is 6.53. The summed E-state index contributed by atoms with van der Waals surface area (Å²) in [5, 5.41) is 0.699. The van der Waals surface area contributed by atoms with Gasteiger partial charge in [-0.15, -0.1) is 0 Å². The molecule has 30 heavy (non-hydrogen) atoms. The zero-order chi connectivity index (χ0) is 20.9. The molecular weight excluding hydrogens is 434 g/mol. The van der Waals surface area contributed by atoms with Crippen LogP contribution in [0.1, 0.15) is 16.7 Å². The van der Waals surface area contributed by atoms with Gasteiger partial charge in [0, 0.05) is 5.02 Å². The second-order valence-electron chi connectivity index (χ2n) is 6.74. The summed E-state index contributed by atoms with van der Waals surface area (Å²) in [6.45, 7) is 0.924. The van der Waals surface area contributed by atoms with Crippen LogP contribution in [-0.4, -0.2) is 15.1 Å². The molecule has 0 N–H and O–H groups in total. The van der Waals surface area contributed by atoms with Crippen LogP contribution in [0, 0.1) is 0 Å². The average Bonchev–Trinajstić information content (AvgIpc) is 3.02. The highest BCUT2D eigenvalue weighted by Gasteiger charge is 2.31. The van der Waals surface area contributed by atoms with Gasteiger partial charge >= 0.3 is 0 Å². The van der Waals surface area contributed by atoms with Crippen molar-refractivity contribution in [2.75, 3.05) is 0 Å². The standard InChI is InChI=1S/C24H18ClNO2S2/c25-20-11-9-18(10-12-20)16-28-21-8-4-7-19(13-21)14-22-23(27)26(24(29)30-22)15-17-5-2-1-3-6-17/h1-14H,15-16H2/b22-14-. The highest BCUT2D eigenvalue weighted by Crippen LogP contribution is 2.34. The van der Waals surface area contributed by atoms with Gasteiger partial charge in [-0.3, -0.25) is 9.69 Å². The molecule has 4 rings (SSSR count). The number of ether oxygens (including phenoxy) is 1. The first-order valence-electron chi connectivity index (χ1n) is 9.35. The van der Waals surface area contributed by atoms with Crippen molar-refractivity contribution in [3.8, 4) is 5.75 Å². The van der Waals surface area contributed by atoms with E-state index in [4.69, 9.17) is 28.6 Å². The quantitative estimate of drug-likeness (QED) is 0.324. The first-order chi connectivity index (χ1) is 14.6. The molecule has 3 aromatic carbocycles. The van der Waals surface area contributed by atoms with Crippen LogP contribution in [0.15, 0.2) is 83.8 Å². The smallest absolute Gasteiger partial charge is 0.266 e. The predicted molar refractivity (Wildman–Crippen MR) is 127 cm³/mol. The van der Waals surface area contributed by atoms with E-state index in [1.807, 2.05) is 84.9 Å². The Labute approximate surface area is 190 Å². The predicted octanol–water partition coefficient (Wildman–Crippen LogP) is 6.32. The molecule has 3 aromatic rings. The van der Waals surface area contributed by atoms with E-state index < -0.39 is 0 Å². The number of benzene rings is 3. The van der Waals surface area contributed by atoms with Gasteiger partial charge in [-0.25, -0.2) is 0 Å². The molecule has 0 atom stereocenters. The Balaban J connectivity index is 1.45. The summed E-state index contributed by atoms with van der Waals surface area (Å²) in [5.74, 6) is 0.666. The average molecular weight is 452 g/mol. The summed E-state index contributed by atoms with van der Waals surface area (Å²) in [4.78, 5) is 15.1. The molecule has 0 saturated carbocycles. The second kappa shape index (κ2) is 9.47. The van der Waals surface area contributed by atoms with E-state index >= 15 is 0 Å². The summed E-state index contributed by atoms with van der Waals surface area (Å²) in [5.41, 5.74) is 2.98. The Morgan fingerprint density at radius 1 is 0.967 bits per heavy atom. The number of halogens is 1. The van der Waals surface area contributed by atoms with E-state index in [9.17, 15) is 4.79 Å². The van der Waals surface area contributed by atoms with E-state index in [0.717, 1.165) is 22.4 Å². The number of nitrogens with zero attached hydrogens (tertiary/aromatic N) is 1. The van der Waals surface area contributed by atoms with Gasteiger partial charge in [-0.1, -0.05) is 90.2 Å². The Morgan fingerprint density at radius 2 is 1.73 bits per heavy atom. The van der Waals surface area contributed by atoms with Gasteiger partial charge in [0.15, 0.2) is 0 Å². The number of carbonyl (C=O) groups excluding carboxylic acids is 1. The van der Waals surface area contributed by atoms with E-state index in [-0.39, 0.29) is 5.91 Å². The number of amides is 1. The van der Waals surface area contributed by atoms with Gasteiger partial charge in [0.25, 0.3) is 5.91 Å². The van der Waals surface area contributed by atoms with Gasteiger partial charge in [-0.2, -0.15) is 0 Å². The maximum absolute atomic E-state index is 12.9. The van der Waals surface area contributed by atoms with Crippen molar-refractivity contribution in [3.05, 3.63) is 105 Å². The highest BCUT2D eigenvalue weighted by atomic mass is 35.5. The molecule has 1 aliphatic rings. The molecular formula is C24H18ClNO2S2. The summed E-state index contributed by atoms with van der Waals surface area (Å²) in [6.07, 6.45) is 1.86. The van der Waals surface area contributed by atoms with Crippen molar-refractivity contribution in [2.45, 2.75) is 13.2 Å². The van der Waals surface area contributed by atoms with Crippen LogP contribution < -0.4 is 4.74 Å². The number of hydrogen-bond acceptors (Lipinski definition) is 4. The van der Waals surface area contributed by atoms with Crippen molar-refractivity contribution >= 4 is 51.9 Å². The third-order valence-corrected chi connectivity index (χ3v) is 6.16. The summed E-state index contributed by atoms with van der Waals surface area (Å²) < 4.78 is 6.46. The summed E-state index contributed by atoms with van der Waals surface area (Å²) in [6, 6.07) is 25.1. The van der Waals surface area contributed by atoms with Crippen LogP contribution in [0.5, 0.6) is 5.75 Å². The van der Waals surface area contributed by atoms with E-state index in [2.05, 4.69) is 0 Å². The molecule has 0 aromatic heterocycles. The molecule has 0 radical (unpaired) electrons. The van der Waals surface area contributed by atoms with Crippen molar-refractivity contribution < 1.29 is 9.53 Å². The topological polar surface area (TPSA) is 29.5 Å². The fourth-order valence-corrected chi connectivity index (χ4v) is 4.38. The number of hydrogen-bond donors (Lipinski definition) is 0. The molecule has 0 unspecified atom stereocenters. The lowest BCUT2D eigenvalue weighted by atomic mass is 10.2. The van der Waals surface area contributed by atoms with Crippen molar-refractivity contribution in [1.82, 2.24) is 4.90 Å². The minimum Gasteiger partial charge on any atom is -0.489 e. The largest absolute Gasteiger partial charge is 0.489 e. The van der Waals surface area contributed by atoms with Gasteiger partial charge in [0.1, 0.15) is 16.7 Å². The molecule has 150 valence electrons. The van der Waals surface area contributed by atoms with Crippen LogP contribution in [0.4, 0.5) is 0 Å². The zero-order valence-corrected chi connectivity index (χ0v) is 18.3. The lowest BCUT2D eigenvalue weighted by Gasteiger charge is -2.14. The van der Waals surface area contributed by atoms with Gasteiger partial charge < -0.3 is 4.74 Å². The maximum atomic E-state index is 12.9. The van der Waals surface area contributed by atoms with Crippen LogP contribution >= 0.6 is 35.6 Å². The van der Waals surface area contributed by atoms with Gasteiger partial charge in [0.05, 0.1) is 11.4 Å². The van der Waals surface area contributed by atoms with Crippen molar-refractivity contribution in [2.24, 2.45) is 0 Å². The Hall–Kier alpha value is -2.60. The molecule has 1 fully saturated rings. The minimum absolute atomic E-state index is 0.0682. The zero-order valence-electron chi connectivity index (χ0n) is 16.0. The van der Waals surface area contributed by atoms with Crippen LogP contribution in [0.3, 0.4) is 0 Å². The summed E-state index contributed by atoms with van der Waals surface area (Å²) in [7, 11) is 0. The normalized spacial score (nSPS) is 15.1. The number of thiocarbonyl (C=S) groups is 1. The maximum Gasteiger partial charge on any atom is 0.266 e. The number of rotatable bonds is 6. The lowest BCUT2D eigenvalue weighted by molar-refractivity contribution is -0.122. The van der Waals surface area contributed by atoms with Gasteiger partial charge in [-0.05, 0) is 47.0 Å². The third kappa shape index (κ3) is 5.11. The van der Waals surface area contributed by atoms with E-state index in [1.165, 1.54) is 11.8 Å². The van der Waals surface area contributed by atoms with Crippen LogP contribution in [-0.2, 0) is 17.9 Å². The Bertz CT molecular complexity index is 1100.